The molecule has 0 spiro atoms. The standard InChI is InChI=1S/C20H46N2/c1-7-21(8-2,9-3)19-17-15-13-14-16-18-20-22(10-4,11-5)12-6/h7-20H2,1-6H3/q+2. The number of hydrogen-bond donors (Lipinski definition) is 0. The molecule has 0 aliphatic carbocycles. The van der Waals surface area contributed by atoms with Gasteiger partial charge in [-0.3, -0.25) is 0 Å². The van der Waals surface area contributed by atoms with Gasteiger partial charge in [-0.15, -0.1) is 0 Å². The van der Waals surface area contributed by atoms with Crippen LogP contribution >= 0.6 is 0 Å². The molecule has 0 saturated heterocycles. The van der Waals surface area contributed by atoms with E-state index in [1.807, 2.05) is 0 Å². The number of hydrogen-bond acceptors (Lipinski definition) is 0. The third-order valence-electron chi connectivity index (χ3n) is 6.54. The summed E-state index contributed by atoms with van der Waals surface area (Å²) in [5, 5.41) is 0. The SMILES string of the molecule is CC[N+](CC)(CC)CCCCCCCC[N+](CC)(CC)CC. The van der Waals surface area contributed by atoms with Crippen molar-refractivity contribution in [1.82, 2.24) is 0 Å². The smallest absolute Gasteiger partial charge is 0.0786 e. The molecule has 0 aromatic heterocycles. The highest BCUT2D eigenvalue weighted by Crippen LogP contribution is 2.13. The summed E-state index contributed by atoms with van der Waals surface area (Å²) in [5.74, 6) is 0. The van der Waals surface area contributed by atoms with Gasteiger partial charge in [0.05, 0.1) is 52.4 Å². The average Bonchev–Trinajstić information content (AvgIpc) is 2.58. The van der Waals surface area contributed by atoms with Crippen molar-refractivity contribution in [2.75, 3.05) is 52.4 Å². The minimum atomic E-state index is 1.30. The predicted octanol–water partition coefficient (Wildman–Crippen LogP) is 5.08. The molecule has 0 aliphatic heterocycles. The topological polar surface area (TPSA) is 0 Å². The molecule has 0 unspecified atom stereocenters. The van der Waals surface area contributed by atoms with Crippen molar-refractivity contribution < 1.29 is 8.97 Å². The summed E-state index contributed by atoms with van der Waals surface area (Å²) in [7, 11) is 0. The first-order valence-corrected chi connectivity index (χ1v) is 10.3. The maximum absolute atomic E-state index is 2.35. The summed E-state index contributed by atoms with van der Waals surface area (Å²) >= 11 is 0. The summed E-state index contributed by atoms with van der Waals surface area (Å²) in [6.45, 7) is 24.7. The summed E-state index contributed by atoms with van der Waals surface area (Å²) in [6.07, 6.45) is 8.62. The second kappa shape index (κ2) is 12.4. The van der Waals surface area contributed by atoms with Crippen LogP contribution in [0.25, 0.3) is 0 Å². The van der Waals surface area contributed by atoms with Gasteiger partial charge >= 0.3 is 0 Å². The Morgan fingerprint density at radius 2 is 0.591 bits per heavy atom. The number of nitrogens with zero attached hydrogens (tertiary/aromatic N) is 2. The van der Waals surface area contributed by atoms with Crippen LogP contribution in [-0.4, -0.2) is 61.3 Å². The molecular formula is C20H46N2+2. The normalized spacial score (nSPS) is 12.8. The lowest BCUT2D eigenvalue weighted by molar-refractivity contribution is -0.923. The Labute approximate surface area is 142 Å². The molecule has 2 heteroatoms. The number of rotatable bonds is 15. The molecule has 0 aromatic carbocycles. The molecule has 0 saturated carbocycles. The van der Waals surface area contributed by atoms with Gasteiger partial charge in [0.1, 0.15) is 0 Å². The molecule has 0 radical (unpaired) electrons. The van der Waals surface area contributed by atoms with Crippen LogP contribution in [0.5, 0.6) is 0 Å². The summed E-state index contributed by atoms with van der Waals surface area (Å²) in [5.41, 5.74) is 0. The van der Waals surface area contributed by atoms with E-state index in [1.54, 1.807) is 0 Å². The van der Waals surface area contributed by atoms with E-state index >= 15 is 0 Å². The zero-order valence-electron chi connectivity index (χ0n) is 16.8. The number of unbranched alkanes of at least 4 members (excludes halogenated alkanes) is 5. The molecule has 0 aromatic rings. The van der Waals surface area contributed by atoms with Gasteiger partial charge < -0.3 is 8.97 Å². The molecule has 0 heterocycles. The van der Waals surface area contributed by atoms with E-state index in [9.17, 15) is 0 Å². The van der Waals surface area contributed by atoms with E-state index < -0.39 is 0 Å². The average molecular weight is 315 g/mol. The molecule has 0 N–H and O–H groups in total. The van der Waals surface area contributed by atoms with Crippen LogP contribution in [0.2, 0.25) is 0 Å². The lowest BCUT2D eigenvalue weighted by Crippen LogP contribution is -2.48. The molecule has 0 amide bonds. The Kier molecular flexibility index (Phi) is 12.3. The van der Waals surface area contributed by atoms with Gasteiger partial charge in [-0.05, 0) is 67.2 Å². The summed E-state index contributed by atoms with van der Waals surface area (Å²) < 4.78 is 2.65. The molecule has 2 nitrogen and oxygen atoms in total. The van der Waals surface area contributed by atoms with E-state index in [2.05, 4.69) is 41.5 Å². The Morgan fingerprint density at radius 3 is 0.818 bits per heavy atom. The van der Waals surface area contributed by atoms with Gasteiger partial charge in [0.25, 0.3) is 0 Å². The van der Waals surface area contributed by atoms with Crippen molar-refractivity contribution in [3.63, 3.8) is 0 Å². The van der Waals surface area contributed by atoms with Crippen molar-refractivity contribution in [3.8, 4) is 0 Å². The highest BCUT2D eigenvalue weighted by molar-refractivity contribution is 4.48. The van der Waals surface area contributed by atoms with Gasteiger partial charge in [0.2, 0.25) is 0 Å². The van der Waals surface area contributed by atoms with Crippen LogP contribution in [0, 0.1) is 0 Å². The highest BCUT2D eigenvalue weighted by Gasteiger charge is 2.20. The van der Waals surface area contributed by atoms with Crippen LogP contribution in [0.15, 0.2) is 0 Å². The first-order valence-electron chi connectivity index (χ1n) is 10.3. The fraction of sp³-hybridized carbons (Fsp3) is 1.00. The monoisotopic (exact) mass is 314 g/mol. The maximum Gasteiger partial charge on any atom is 0.0786 e. The van der Waals surface area contributed by atoms with E-state index in [0.29, 0.717) is 0 Å². The minimum Gasteiger partial charge on any atom is -0.324 e. The molecule has 0 bridgehead atoms. The lowest BCUT2D eigenvalue weighted by atomic mass is 10.1. The third kappa shape index (κ3) is 7.46. The van der Waals surface area contributed by atoms with Crippen LogP contribution in [0.1, 0.15) is 80.1 Å². The first-order chi connectivity index (χ1) is 10.6. The van der Waals surface area contributed by atoms with Gasteiger partial charge in [-0.25, -0.2) is 0 Å². The van der Waals surface area contributed by atoms with Crippen molar-refractivity contribution in [2.45, 2.75) is 80.1 Å². The Hall–Kier alpha value is -0.0800. The largest absolute Gasteiger partial charge is 0.324 e. The quantitative estimate of drug-likeness (QED) is 0.292. The Morgan fingerprint density at radius 1 is 0.364 bits per heavy atom. The molecule has 0 fully saturated rings. The van der Waals surface area contributed by atoms with E-state index in [0.717, 1.165) is 0 Å². The van der Waals surface area contributed by atoms with E-state index in [1.165, 1.54) is 99.8 Å². The van der Waals surface area contributed by atoms with Crippen LogP contribution in [0.4, 0.5) is 0 Å². The molecule has 0 aliphatic rings. The first kappa shape index (κ1) is 21.9. The predicted molar refractivity (Wildman–Crippen MR) is 101 cm³/mol. The van der Waals surface area contributed by atoms with E-state index in [-0.39, 0.29) is 0 Å². The van der Waals surface area contributed by atoms with Crippen LogP contribution in [0.3, 0.4) is 0 Å². The van der Waals surface area contributed by atoms with Crippen LogP contribution < -0.4 is 0 Å². The van der Waals surface area contributed by atoms with Crippen molar-refractivity contribution in [1.29, 1.82) is 0 Å². The zero-order valence-corrected chi connectivity index (χ0v) is 16.8. The van der Waals surface area contributed by atoms with Gasteiger partial charge in [-0.2, -0.15) is 0 Å². The van der Waals surface area contributed by atoms with Crippen molar-refractivity contribution >= 4 is 0 Å². The van der Waals surface area contributed by atoms with Gasteiger partial charge in [0.15, 0.2) is 0 Å². The molecule has 134 valence electrons. The fourth-order valence-corrected chi connectivity index (χ4v) is 3.89. The molecular weight excluding hydrogens is 268 g/mol. The van der Waals surface area contributed by atoms with Crippen LogP contribution in [-0.2, 0) is 0 Å². The van der Waals surface area contributed by atoms with Crippen molar-refractivity contribution in [3.05, 3.63) is 0 Å². The summed E-state index contributed by atoms with van der Waals surface area (Å²) in [6, 6.07) is 0. The maximum atomic E-state index is 2.35. The zero-order chi connectivity index (χ0) is 16.9. The Bertz CT molecular complexity index is 200. The van der Waals surface area contributed by atoms with Crippen molar-refractivity contribution in [2.24, 2.45) is 0 Å². The molecule has 0 rings (SSSR count). The summed E-state index contributed by atoms with van der Waals surface area (Å²) in [4.78, 5) is 0. The second-order valence-corrected chi connectivity index (χ2v) is 7.15. The number of quaternary nitrogens is 2. The minimum absolute atomic E-state index is 1.30. The third-order valence-corrected chi connectivity index (χ3v) is 6.54. The molecule has 22 heavy (non-hydrogen) atoms. The van der Waals surface area contributed by atoms with Gasteiger partial charge in [-0.1, -0.05) is 12.8 Å². The second-order valence-electron chi connectivity index (χ2n) is 7.15. The highest BCUT2D eigenvalue weighted by atomic mass is 15.3. The van der Waals surface area contributed by atoms with Gasteiger partial charge in [0, 0.05) is 0 Å². The molecule has 0 atom stereocenters. The lowest BCUT2D eigenvalue weighted by Gasteiger charge is -2.36. The van der Waals surface area contributed by atoms with E-state index in [4.69, 9.17) is 0 Å². The fourth-order valence-electron chi connectivity index (χ4n) is 3.89. The Balaban J connectivity index is 3.70.